The minimum absolute atomic E-state index is 0.192. The number of rotatable bonds is 10. The molecule has 0 spiro atoms. The van der Waals surface area contributed by atoms with Gasteiger partial charge in [0.15, 0.2) is 0 Å². The van der Waals surface area contributed by atoms with Gasteiger partial charge in [0.2, 0.25) is 0 Å². The van der Waals surface area contributed by atoms with Gasteiger partial charge in [0, 0.05) is 76.7 Å². The average molecular weight is 867 g/mol. The van der Waals surface area contributed by atoms with Gasteiger partial charge in [-0.15, -0.1) is 11.3 Å². The number of para-hydroxylation sites is 3. The Morgan fingerprint density at radius 1 is 0.708 bits per heavy atom. The molecule has 5 aromatic heterocycles. The zero-order valence-electron chi connectivity index (χ0n) is 38.7. The Hall–Kier alpha value is -6.17. The van der Waals surface area contributed by atoms with Crippen LogP contribution in [0, 0.1) is 11.3 Å². The molecule has 2 aliphatic rings. The molecule has 10 aromatic rings. The highest BCUT2D eigenvalue weighted by atomic mass is 32.1. The molecular weight excluding hydrogens is 809 g/mol. The van der Waals surface area contributed by atoms with Crippen molar-refractivity contribution in [3.63, 3.8) is 0 Å². The van der Waals surface area contributed by atoms with Gasteiger partial charge in [-0.25, -0.2) is 0 Å². The number of benzene rings is 5. The quantitative estimate of drug-likeness (QED) is 0.135. The predicted molar refractivity (Wildman–Crippen MR) is 279 cm³/mol. The van der Waals surface area contributed by atoms with E-state index in [9.17, 15) is 0 Å². The largest absolute Gasteiger partial charge is 0.334 e. The van der Waals surface area contributed by atoms with Crippen LogP contribution in [0.1, 0.15) is 102 Å². The summed E-state index contributed by atoms with van der Waals surface area (Å²) in [6.07, 6.45) is 19.2. The van der Waals surface area contributed by atoms with Gasteiger partial charge in [-0.1, -0.05) is 145 Å². The maximum Gasteiger partial charge on any atom is 0.0909 e. The second kappa shape index (κ2) is 14.9. The number of hydrogen-bond acceptors (Lipinski definition) is 2. The number of thiophene rings is 1. The van der Waals surface area contributed by atoms with Crippen molar-refractivity contribution in [2.75, 3.05) is 0 Å². The molecule has 0 saturated carbocycles. The van der Waals surface area contributed by atoms with Crippen molar-refractivity contribution in [3.8, 4) is 5.69 Å². The van der Waals surface area contributed by atoms with Crippen LogP contribution in [0.25, 0.3) is 81.8 Å². The summed E-state index contributed by atoms with van der Waals surface area (Å²) in [7, 11) is 0. The van der Waals surface area contributed by atoms with Crippen LogP contribution >= 0.6 is 11.3 Å². The zero-order valence-corrected chi connectivity index (χ0v) is 39.5. The molecule has 324 valence electrons. The molecule has 4 nitrogen and oxygen atoms in total. The Labute approximate surface area is 386 Å². The van der Waals surface area contributed by atoms with Crippen molar-refractivity contribution < 1.29 is 0 Å². The van der Waals surface area contributed by atoms with Crippen molar-refractivity contribution in [1.29, 1.82) is 0 Å². The molecule has 0 saturated heterocycles. The van der Waals surface area contributed by atoms with Gasteiger partial charge in [-0.2, -0.15) is 0 Å². The first-order valence-corrected chi connectivity index (χ1v) is 25.0. The van der Waals surface area contributed by atoms with Gasteiger partial charge in [0.05, 0.1) is 32.5 Å². The van der Waals surface area contributed by atoms with E-state index in [1.807, 2.05) is 17.5 Å². The van der Waals surface area contributed by atoms with Gasteiger partial charge < -0.3 is 13.7 Å². The number of allylic oxidation sites excluding steroid dienone is 2. The first-order chi connectivity index (χ1) is 31.7. The third-order valence-electron chi connectivity index (χ3n) is 16.0. The lowest BCUT2D eigenvalue weighted by Gasteiger charge is -2.50. The van der Waals surface area contributed by atoms with Crippen molar-refractivity contribution in [2.24, 2.45) is 11.3 Å². The highest BCUT2D eigenvalue weighted by molar-refractivity contribution is 7.26. The van der Waals surface area contributed by atoms with Crippen molar-refractivity contribution >= 4 is 87.4 Å². The summed E-state index contributed by atoms with van der Waals surface area (Å²) in [5.41, 5.74) is 14.0. The fraction of sp³-hybridized carbons (Fsp3) is 0.283. The lowest BCUT2D eigenvalue weighted by Crippen LogP contribution is -2.49. The van der Waals surface area contributed by atoms with Crippen LogP contribution < -0.4 is 0 Å². The highest BCUT2D eigenvalue weighted by Crippen LogP contribution is 2.55. The van der Waals surface area contributed by atoms with E-state index in [1.165, 1.54) is 92.2 Å². The number of pyridine rings is 1. The van der Waals surface area contributed by atoms with E-state index in [-0.39, 0.29) is 16.5 Å². The molecule has 5 aromatic carbocycles. The second-order valence-electron chi connectivity index (χ2n) is 19.7. The molecule has 2 aliphatic carbocycles. The summed E-state index contributed by atoms with van der Waals surface area (Å²) in [5, 5.41) is 6.65. The minimum atomic E-state index is -0.228. The molecule has 5 heterocycles. The van der Waals surface area contributed by atoms with E-state index in [1.54, 1.807) is 0 Å². The van der Waals surface area contributed by atoms with Crippen LogP contribution in [0.4, 0.5) is 0 Å². The fourth-order valence-electron chi connectivity index (χ4n) is 13.1. The van der Waals surface area contributed by atoms with E-state index in [2.05, 4.69) is 201 Å². The molecule has 12 rings (SSSR count). The Kier molecular flexibility index (Phi) is 9.27. The van der Waals surface area contributed by atoms with E-state index in [0.717, 1.165) is 50.5 Å². The smallest absolute Gasteiger partial charge is 0.0909 e. The highest BCUT2D eigenvalue weighted by Gasteiger charge is 2.49. The SMILES string of the molecule is CCCC(C)(c1ccc2c(c1)c1ccccc1n2C(CC)(CCC)C1(C)C=Cc2c(c3ccccc3n2-c2ccnc3c2sc2ccccc23)C1)n1c2c(c3ccccc31)C=CC(C)C2. The topological polar surface area (TPSA) is 27.7 Å². The molecule has 0 aliphatic heterocycles. The number of nitrogens with zero attached hydrogens (tertiary/aromatic N) is 4. The second-order valence-corrected chi connectivity index (χ2v) is 20.8. The molecule has 4 unspecified atom stereocenters. The zero-order chi connectivity index (χ0) is 44.2. The van der Waals surface area contributed by atoms with Crippen LogP contribution in [-0.2, 0) is 23.9 Å². The lowest BCUT2D eigenvalue weighted by molar-refractivity contribution is 0.0970. The fourth-order valence-corrected chi connectivity index (χ4v) is 14.2. The Morgan fingerprint density at radius 2 is 1.38 bits per heavy atom. The first kappa shape index (κ1) is 40.3. The molecular formula is C60H58N4S. The standard InChI is InChI=1S/C60H58N4S/c1-7-32-59(6,63-50-23-15-11-18-41(50)44-28-26-39(4)36-54(44)63)40-27-29-52-46(37-40)42-19-12-16-24-51(42)64(52)60(9-3,33-8-2)58(5)34-30-49-47(38-58)43-20-10-14-22-48(43)62(49)53-31-35-61-56-45-21-13-17-25-55(45)65-57(53)56/h10-31,34-35,37,39H,7-9,32-33,36,38H2,1-6H3. The minimum Gasteiger partial charge on any atom is -0.334 e. The van der Waals surface area contributed by atoms with Crippen LogP contribution in [0.3, 0.4) is 0 Å². The molecule has 65 heavy (non-hydrogen) atoms. The van der Waals surface area contributed by atoms with Crippen LogP contribution in [-0.4, -0.2) is 18.7 Å². The summed E-state index contributed by atoms with van der Waals surface area (Å²) in [6, 6.07) is 46.0. The molecule has 5 heteroatoms. The van der Waals surface area contributed by atoms with Gasteiger partial charge in [0.25, 0.3) is 0 Å². The van der Waals surface area contributed by atoms with Gasteiger partial charge in [-0.05, 0) is 105 Å². The monoisotopic (exact) mass is 866 g/mol. The number of hydrogen-bond donors (Lipinski definition) is 0. The molecule has 0 amide bonds. The molecule has 0 radical (unpaired) electrons. The Bertz CT molecular complexity index is 3590. The van der Waals surface area contributed by atoms with Crippen molar-refractivity contribution in [2.45, 2.75) is 97.6 Å². The van der Waals surface area contributed by atoms with Gasteiger partial charge >= 0.3 is 0 Å². The van der Waals surface area contributed by atoms with E-state index in [4.69, 9.17) is 4.98 Å². The Balaban J connectivity index is 1.05. The maximum atomic E-state index is 4.94. The summed E-state index contributed by atoms with van der Waals surface area (Å²) in [4.78, 5) is 4.94. The lowest BCUT2D eigenvalue weighted by atomic mass is 9.61. The first-order valence-electron chi connectivity index (χ1n) is 24.2. The third kappa shape index (κ3) is 5.64. The summed E-state index contributed by atoms with van der Waals surface area (Å²) in [6.45, 7) is 14.6. The van der Waals surface area contributed by atoms with Gasteiger partial charge in [-0.3, -0.25) is 4.98 Å². The average Bonchev–Trinajstić information content (AvgIpc) is 4.07. The summed E-state index contributed by atoms with van der Waals surface area (Å²) in [5.74, 6) is 0.508. The van der Waals surface area contributed by atoms with Crippen molar-refractivity contribution in [1.82, 2.24) is 18.7 Å². The van der Waals surface area contributed by atoms with E-state index < -0.39 is 0 Å². The molecule has 0 N–H and O–H groups in total. The normalized spacial score (nSPS) is 19.1. The molecule has 0 fully saturated rings. The number of fused-ring (bicyclic) bond motifs is 12. The van der Waals surface area contributed by atoms with Crippen molar-refractivity contribution in [3.05, 3.63) is 168 Å². The summed E-state index contributed by atoms with van der Waals surface area (Å²) >= 11 is 1.86. The van der Waals surface area contributed by atoms with Crippen LogP contribution in [0.15, 0.2) is 140 Å². The molecule has 0 bridgehead atoms. The van der Waals surface area contributed by atoms with Crippen LogP contribution in [0.2, 0.25) is 0 Å². The van der Waals surface area contributed by atoms with Crippen LogP contribution in [0.5, 0.6) is 0 Å². The maximum absolute atomic E-state index is 4.94. The predicted octanol–water partition coefficient (Wildman–Crippen LogP) is 16.4. The van der Waals surface area contributed by atoms with E-state index >= 15 is 0 Å². The molecule has 4 atom stereocenters. The number of aromatic nitrogens is 4. The van der Waals surface area contributed by atoms with Gasteiger partial charge in [0.1, 0.15) is 0 Å². The summed E-state index contributed by atoms with van der Waals surface area (Å²) < 4.78 is 10.6. The van der Waals surface area contributed by atoms with E-state index in [0.29, 0.717) is 5.92 Å². The third-order valence-corrected chi connectivity index (χ3v) is 17.2. The Morgan fingerprint density at radius 3 is 2.15 bits per heavy atom.